The zero-order valence-electron chi connectivity index (χ0n) is 21.8. The van der Waals surface area contributed by atoms with Gasteiger partial charge in [0, 0.05) is 69.8 Å². The summed E-state index contributed by atoms with van der Waals surface area (Å²) in [6.07, 6.45) is 1.65. The number of primary amides is 1. The Hall–Kier alpha value is -3.75. The number of piperidine rings is 1. The van der Waals surface area contributed by atoms with Crippen molar-refractivity contribution in [3.63, 3.8) is 0 Å². The standard InChI is InChI=1S/C28H36N4O5/c1-19-6-4-5-7-24(19)31-14-15-32(25(18-31)28(29)35)27(34)16-21-8-9-23(17-26(21)36-3)37-22-10-12-30(13-11-22)20(2)33/h4-9,17,22,25H,10-16,18H2,1-3H3,(H2,29,35). The Morgan fingerprint density at radius 2 is 1.76 bits per heavy atom. The van der Waals surface area contributed by atoms with Crippen molar-refractivity contribution in [1.29, 1.82) is 0 Å². The summed E-state index contributed by atoms with van der Waals surface area (Å²) in [4.78, 5) is 42.7. The number of methoxy groups -OCH3 is 1. The van der Waals surface area contributed by atoms with E-state index in [1.165, 1.54) is 0 Å². The average molecular weight is 509 g/mol. The van der Waals surface area contributed by atoms with Crippen molar-refractivity contribution < 1.29 is 23.9 Å². The number of carbonyl (C=O) groups excluding carboxylic acids is 3. The molecular weight excluding hydrogens is 472 g/mol. The highest BCUT2D eigenvalue weighted by Gasteiger charge is 2.35. The number of anilines is 1. The number of piperazine rings is 1. The normalized spacial score (nSPS) is 18.5. The second-order valence-corrected chi connectivity index (χ2v) is 9.71. The molecule has 0 spiro atoms. The lowest BCUT2D eigenvalue weighted by molar-refractivity contribution is -0.139. The van der Waals surface area contributed by atoms with Gasteiger partial charge in [0.15, 0.2) is 0 Å². The summed E-state index contributed by atoms with van der Waals surface area (Å²) in [5.74, 6) is 0.622. The molecule has 2 fully saturated rings. The number of rotatable bonds is 7. The Balaban J connectivity index is 1.41. The van der Waals surface area contributed by atoms with Crippen LogP contribution in [0, 0.1) is 6.92 Å². The number of hydrogen-bond acceptors (Lipinski definition) is 6. The number of para-hydroxylation sites is 1. The summed E-state index contributed by atoms with van der Waals surface area (Å²) in [6, 6.07) is 12.7. The van der Waals surface area contributed by atoms with Gasteiger partial charge in [0.1, 0.15) is 23.6 Å². The summed E-state index contributed by atoms with van der Waals surface area (Å²) in [5.41, 5.74) is 8.61. The molecule has 2 aliphatic heterocycles. The minimum absolute atomic E-state index is 0.0219. The van der Waals surface area contributed by atoms with Crippen molar-refractivity contribution in [2.24, 2.45) is 5.73 Å². The lowest BCUT2D eigenvalue weighted by Crippen LogP contribution is -2.60. The van der Waals surface area contributed by atoms with Gasteiger partial charge in [-0.1, -0.05) is 24.3 Å². The molecule has 2 heterocycles. The predicted molar refractivity (Wildman–Crippen MR) is 141 cm³/mol. The number of hydrogen-bond donors (Lipinski definition) is 1. The Morgan fingerprint density at radius 1 is 1.03 bits per heavy atom. The number of carbonyl (C=O) groups is 3. The number of benzene rings is 2. The van der Waals surface area contributed by atoms with Gasteiger partial charge in [0.05, 0.1) is 13.5 Å². The van der Waals surface area contributed by atoms with Crippen molar-refractivity contribution in [3.05, 3.63) is 53.6 Å². The first-order chi connectivity index (χ1) is 17.8. The quantitative estimate of drug-likeness (QED) is 0.614. The van der Waals surface area contributed by atoms with Crippen LogP contribution in [0.15, 0.2) is 42.5 Å². The lowest BCUT2D eigenvalue weighted by atomic mass is 10.0. The van der Waals surface area contributed by atoms with Gasteiger partial charge in [0.2, 0.25) is 17.7 Å². The highest BCUT2D eigenvalue weighted by atomic mass is 16.5. The van der Waals surface area contributed by atoms with Gasteiger partial charge < -0.3 is 29.9 Å². The van der Waals surface area contributed by atoms with Crippen molar-refractivity contribution in [2.45, 2.75) is 45.3 Å². The van der Waals surface area contributed by atoms with Gasteiger partial charge >= 0.3 is 0 Å². The minimum Gasteiger partial charge on any atom is -0.496 e. The monoisotopic (exact) mass is 508 g/mol. The number of ether oxygens (including phenoxy) is 2. The molecule has 0 radical (unpaired) electrons. The van der Waals surface area contributed by atoms with Crippen LogP contribution < -0.4 is 20.1 Å². The van der Waals surface area contributed by atoms with Crippen molar-refractivity contribution in [1.82, 2.24) is 9.80 Å². The third kappa shape index (κ3) is 6.15. The second-order valence-electron chi connectivity index (χ2n) is 9.71. The van der Waals surface area contributed by atoms with Crippen LogP contribution in [0.25, 0.3) is 0 Å². The first kappa shape index (κ1) is 26.3. The van der Waals surface area contributed by atoms with E-state index in [0.29, 0.717) is 44.2 Å². The van der Waals surface area contributed by atoms with Gasteiger partial charge in [0.25, 0.3) is 0 Å². The summed E-state index contributed by atoms with van der Waals surface area (Å²) >= 11 is 0. The van der Waals surface area contributed by atoms with Crippen LogP contribution in [0.1, 0.15) is 30.9 Å². The van der Waals surface area contributed by atoms with E-state index < -0.39 is 11.9 Å². The molecule has 0 saturated carbocycles. The van der Waals surface area contributed by atoms with E-state index in [9.17, 15) is 14.4 Å². The molecular formula is C28H36N4O5. The van der Waals surface area contributed by atoms with Crippen LogP contribution in [0.5, 0.6) is 11.5 Å². The fourth-order valence-corrected chi connectivity index (χ4v) is 5.15. The minimum atomic E-state index is -0.713. The molecule has 0 aliphatic carbocycles. The molecule has 4 rings (SSSR count). The van der Waals surface area contributed by atoms with Gasteiger partial charge in [-0.3, -0.25) is 14.4 Å². The van der Waals surface area contributed by atoms with E-state index in [1.807, 2.05) is 48.2 Å². The molecule has 9 nitrogen and oxygen atoms in total. The van der Waals surface area contributed by atoms with Crippen LogP contribution in [-0.4, -0.2) is 79.5 Å². The molecule has 0 aromatic heterocycles. The van der Waals surface area contributed by atoms with Gasteiger partial charge in [-0.15, -0.1) is 0 Å². The first-order valence-electron chi connectivity index (χ1n) is 12.7. The van der Waals surface area contributed by atoms with Crippen molar-refractivity contribution >= 4 is 23.4 Å². The van der Waals surface area contributed by atoms with E-state index in [4.69, 9.17) is 15.2 Å². The Bertz CT molecular complexity index is 1150. The Kier molecular flexibility index (Phi) is 8.21. The first-order valence-corrected chi connectivity index (χ1v) is 12.7. The highest BCUT2D eigenvalue weighted by Crippen LogP contribution is 2.29. The lowest BCUT2D eigenvalue weighted by Gasteiger charge is -2.41. The predicted octanol–water partition coefficient (Wildman–Crippen LogP) is 2.14. The summed E-state index contributed by atoms with van der Waals surface area (Å²) in [6.45, 7) is 6.36. The molecule has 9 heteroatoms. The molecule has 0 bridgehead atoms. The molecule has 2 aromatic rings. The second kappa shape index (κ2) is 11.5. The maximum atomic E-state index is 13.3. The molecule has 2 N–H and O–H groups in total. The van der Waals surface area contributed by atoms with Crippen molar-refractivity contribution in [2.75, 3.05) is 44.7 Å². The Labute approximate surface area is 218 Å². The molecule has 3 amide bonds. The van der Waals surface area contributed by atoms with Gasteiger partial charge in [-0.25, -0.2) is 0 Å². The highest BCUT2D eigenvalue weighted by molar-refractivity contribution is 5.89. The zero-order valence-corrected chi connectivity index (χ0v) is 21.8. The topological polar surface area (TPSA) is 105 Å². The van der Waals surface area contributed by atoms with E-state index in [0.717, 1.165) is 29.7 Å². The molecule has 1 atom stereocenters. The van der Waals surface area contributed by atoms with Crippen LogP contribution in [0.3, 0.4) is 0 Å². The van der Waals surface area contributed by atoms with Crippen LogP contribution in [0.4, 0.5) is 5.69 Å². The average Bonchev–Trinajstić information content (AvgIpc) is 2.89. The number of nitrogens with zero attached hydrogens (tertiary/aromatic N) is 3. The summed E-state index contributed by atoms with van der Waals surface area (Å²) in [5, 5.41) is 0. The third-order valence-electron chi connectivity index (χ3n) is 7.28. The fraction of sp³-hybridized carbons (Fsp3) is 0.464. The summed E-state index contributed by atoms with van der Waals surface area (Å²) < 4.78 is 11.7. The maximum absolute atomic E-state index is 13.3. The molecule has 198 valence electrons. The van der Waals surface area contributed by atoms with Crippen molar-refractivity contribution in [3.8, 4) is 11.5 Å². The summed E-state index contributed by atoms with van der Waals surface area (Å²) in [7, 11) is 1.56. The van der Waals surface area contributed by atoms with E-state index in [1.54, 1.807) is 25.0 Å². The van der Waals surface area contributed by atoms with Crippen LogP contribution in [0.2, 0.25) is 0 Å². The number of amides is 3. The molecule has 37 heavy (non-hydrogen) atoms. The van der Waals surface area contributed by atoms with Crippen LogP contribution >= 0.6 is 0 Å². The van der Waals surface area contributed by atoms with E-state index in [-0.39, 0.29) is 24.3 Å². The smallest absolute Gasteiger partial charge is 0.242 e. The van der Waals surface area contributed by atoms with E-state index >= 15 is 0 Å². The largest absolute Gasteiger partial charge is 0.496 e. The van der Waals surface area contributed by atoms with Gasteiger partial charge in [-0.2, -0.15) is 0 Å². The fourth-order valence-electron chi connectivity index (χ4n) is 5.15. The molecule has 2 aliphatic rings. The molecule has 2 saturated heterocycles. The maximum Gasteiger partial charge on any atom is 0.242 e. The molecule has 1 unspecified atom stereocenters. The Morgan fingerprint density at radius 3 is 2.41 bits per heavy atom. The molecule has 2 aromatic carbocycles. The third-order valence-corrected chi connectivity index (χ3v) is 7.28. The van der Waals surface area contributed by atoms with Gasteiger partial charge in [-0.05, 0) is 24.6 Å². The van der Waals surface area contributed by atoms with E-state index in [2.05, 4.69) is 4.90 Å². The number of likely N-dealkylation sites (tertiary alicyclic amines) is 1. The zero-order chi connectivity index (χ0) is 26.5. The SMILES string of the molecule is COc1cc(OC2CCN(C(C)=O)CC2)ccc1CC(=O)N1CCN(c2ccccc2C)CC1C(N)=O. The van der Waals surface area contributed by atoms with Crippen LogP contribution in [-0.2, 0) is 20.8 Å². The number of aryl methyl sites for hydroxylation is 1. The number of nitrogens with two attached hydrogens (primary N) is 1.